The number of anilines is 2. The van der Waals surface area contributed by atoms with E-state index in [1.165, 1.54) is 38.6 Å². The third kappa shape index (κ3) is 4.23. The zero-order valence-electron chi connectivity index (χ0n) is 15.1. The van der Waals surface area contributed by atoms with Crippen molar-refractivity contribution >= 4 is 27.3 Å². The molecule has 0 unspecified atom stereocenters. The summed E-state index contributed by atoms with van der Waals surface area (Å²) in [7, 11) is -1.09. The smallest absolute Gasteiger partial charge is 0.273 e. The Hall–Kier alpha value is -3.53. The Morgan fingerprint density at radius 1 is 1.00 bits per heavy atom. The van der Waals surface area contributed by atoms with Gasteiger partial charge in [0.1, 0.15) is 22.1 Å². The van der Waals surface area contributed by atoms with Gasteiger partial charge in [0.05, 0.1) is 14.2 Å². The summed E-state index contributed by atoms with van der Waals surface area (Å²) in [6, 6.07) is 12.2. The number of amides is 1. The fourth-order valence-corrected chi connectivity index (χ4v) is 3.67. The van der Waals surface area contributed by atoms with Crippen LogP contribution in [0.4, 0.5) is 11.4 Å². The minimum absolute atomic E-state index is 0.117. The molecule has 3 rings (SSSR count). The van der Waals surface area contributed by atoms with Crippen LogP contribution in [-0.4, -0.2) is 38.7 Å². The number of carbonyl (C=O) groups excluding carboxylic acids is 1. The van der Waals surface area contributed by atoms with Gasteiger partial charge in [-0.05, 0) is 48.5 Å². The molecule has 0 radical (unpaired) electrons. The zero-order valence-corrected chi connectivity index (χ0v) is 15.9. The average molecular weight is 402 g/mol. The van der Waals surface area contributed by atoms with E-state index in [9.17, 15) is 13.2 Å². The minimum Gasteiger partial charge on any atom is -0.497 e. The minimum atomic E-state index is -3.98. The van der Waals surface area contributed by atoms with Crippen LogP contribution in [0, 0.1) is 0 Å². The summed E-state index contributed by atoms with van der Waals surface area (Å²) >= 11 is 0. The van der Waals surface area contributed by atoms with Crippen molar-refractivity contribution < 1.29 is 22.7 Å². The van der Waals surface area contributed by atoms with Crippen molar-refractivity contribution in [2.75, 3.05) is 24.3 Å². The molecule has 0 aliphatic rings. The standard InChI is InChI=1S/C18H18N4O5S/c1-26-14-6-3-12(4-7-14)22-28(24,25)17-11-13(5-8-16(17)27-2)20-18(23)15-9-10-19-21-15/h3-11,22H,1-2H3,(H,19,21)(H,20,23). The number of sulfonamides is 1. The predicted molar refractivity (Wildman–Crippen MR) is 103 cm³/mol. The molecule has 0 aliphatic heterocycles. The van der Waals surface area contributed by atoms with Crippen LogP contribution in [0.1, 0.15) is 10.5 Å². The number of aromatic amines is 1. The average Bonchev–Trinajstić information content (AvgIpc) is 3.23. The lowest BCUT2D eigenvalue weighted by Crippen LogP contribution is -2.16. The van der Waals surface area contributed by atoms with E-state index >= 15 is 0 Å². The third-order valence-corrected chi connectivity index (χ3v) is 5.20. The van der Waals surface area contributed by atoms with Gasteiger partial charge in [0.25, 0.3) is 15.9 Å². The van der Waals surface area contributed by atoms with Crippen LogP contribution >= 0.6 is 0 Å². The number of aromatic nitrogens is 2. The largest absolute Gasteiger partial charge is 0.497 e. The van der Waals surface area contributed by atoms with Crippen molar-refractivity contribution in [1.82, 2.24) is 10.2 Å². The van der Waals surface area contributed by atoms with Gasteiger partial charge in [0, 0.05) is 17.6 Å². The first-order chi connectivity index (χ1) is 13.4. The second-order valence-electron chi connectivity index (χ2n) is 5.62. The quantitative estimate of drug-likeness (QED) is 0.558. The van der Waals surface area contributed by atoms with Crippen LogP contribution in [0.5, 0.6) is 11.5 Å². The summed E-state index contributed by atoms with van der Waals surface area (Å²) in [5.74, 6) is 0.290. The number of methoxy groups -OCH3 is 2. The highest BCUT2D eigenvalue weighted by atomic mass is 32.2. The third-order valence-electron chi connectivity index (χ3n) is 3.80. The lowest BCUT2D eigenvalue weighted by molar-refractivity contribution is 0.102. The van der Waals surface area contributed by atoms with Gasteiger partial charge in [-0.3, -0.25) is 14.6 Å². The highest BCUT2D eigenvalue weighted by Crippen LogP contribution is 2.29. The number of nitrogens with zero attached hydrogens (tertiary/aromatic N) is 1. The zero-order chi connectivity index (χ0) is 20.1. The lowest BCUT2D eigenvalue weighted by atomic mass is 10.3. The molecule has 3 N–H and O–H groups in total. The topological polar surface area (TPSA) is 122 Å². The number of hydrogen-bond acceptors (Lipinski definition) is 6. The molecule has 9 nitrogen and oxygen atoms in total. The first-order valence-corrected chi connectivity index (χ1v) is 9.57. The van der Waals surface area contributed by atoms with Gasteiger partial charge in [-0.1, -0.05) is 0 Å². The molecule has 0 saturated carbocycles. The van der Waals surface area contributed by atoms with E-state index < -0.39 is 15.9 Å². The van der Waals surface area contributed by atoms with Gasteiger partial charge in [-0.25, -0.2) is 8.42 Å². The van der Waals surface area contributed by atoms with Crippen LogP contribution in [0.2, 0.25) is 0 Å². The Balaban J connectivity index is 1.88. The van der Waals surface area contributed by atoms with Crippen LogP contribution in [0.15, 0.2) is 59.6 Å². The van der Waals surface area contributed by atoms with Crippen LogP contribution < -0.4 is 19.5 Å². The highest BCUT2D eigenvalue weighted by Gasteiger charge is 2.21. The molecule has 3 aromatic rings. The molecule has 28 heavy (non-hydrogen) atoms. The summed E-state index contributed by atoms with van der Waals surface area (Å²) in [5.41, 5.74) is 0.891. The van der Waals surface area contributed by atoms with Gasteiger partial charge in [-0.2, -0.15) is 5.10 Å². The van der Waals surface area contributed by atoms with Gasteiger partial charge in [0.15, 0.2) is 0 Å². The van der Waals surface area contributed by atoms with Gasteiger partial charge in [0.2, 0.25) is 0 Å². The summed E-state index contributed by atoms with van der Waals surface area (Å²) in [6.07, 6.45) is 1.44. The van der Waals surface area contributed by atoms with Gasteiger partial charge in [-0.15, -0.1) is 0 Å². The van der Waals surface area contributed by atoms with E-state index in [2.05, 4.69) is 20.2 Å². The van der Waals surface area contributed by atoms with Gasteiger partial charge >= 0.3 is 0 Å². The Bertz CT molecular complexity index is 1060. The number of rotatable bonds is 7. The van der Waals surface area contributed by atoms with Crippen LogP contribution in [-0.2, 0) is 10.0 Å². The van der Waals surface area contributed by atoms with E-state index in [0.717, 1.165) is 0 Å². The van der Waals surface area contributed by atoms with E-state index in [1.807, 2.05) is 0 Å². The lowest BCUT2D eigenvalue weighted by Gasteiger charge is -2.14. The molecule has 2 aromatic carbocycles. The first kappa shape index (κ1) is 19.2. The van der Waals surface area contributed by atoms with Crippen LogP contribution in [0.25, 0.3) is 0 Å². The second kappa shape index (κ2) is 8.01. The maximum atomic E-state index is 12.9. The van der Waals surface area contributed by atoms with E-state index in [0.29, 0.717) is 11.4 Å². The van der Waals surface area contributed by atoms with Gasteiger partial charge < -0.3 is 14.8 Å². The molecule has 0 atom stereocenters. The predicted octanol–water partition coefficient (Wildman–Crippen LogP) is 2.48. The SMILES string of the molecule is COc1ccc(NS(=O)(=O)c2cc(NC(=O)c3ccn[nH]3)ccc2OC)cc1. The Morgan fingerprint density at radius 2 is 1.71 bits per heavy atom. The number of benzene rings is 2. The van der Waals surface area contributed by atoms with Crippen molar-refractivity contribution in [3.8, 4) is 11.5 Å². The molecule has 146 valence electrons. The molecular formula is C18H18N4O5S. The fourth-order valence-electron chi connectivity index (χ4n) is 2.41. The molecule has 0 bridgehead atoms. The highest BCUT2D eigenvalue weighted by molar-refractivity contribution is 7.92. The summed E-state index contributed by atoms with van der Waals surface area (Å²) in [6.45, 7) is 0. The van der Waals surface area contributed by atoms with Crippen LogP contribution in [0.3, 0.4) is 0 Å². The van der Waals surface area contributed by atoms with Crippen molar-refractivity contribution in [3.05, 3.63) is 60.4 Å². The Kier molecular flexibility index (Phi) is 5.50. The van der Waals surface area contributed by atoms with Crippen molar-refractivity contribution in [1.29, 1.82) is 0 Å². The summed E-state index contributed by atoms with van der Waals surface area (Å²) < 4.78 is 38.4. The number of H-pyrrole nitrogens is 1. The maximum Gasteiger partial charge on any atom is 0.273 e. The number of nitrogens with one attached hydrogen (secondary N) is 3. The molecule has 0 saturated heterocycles. The summed E-state index contributed by atoms with van der Waals surface area (Å²) in [5, 5.41) is 8.86. The molecular weight excluding hydrogens is 384 g/mol. The van der Waals surface area contributed by atoms with E-state index in [-0.39, 0.29) is 22.0 Å². The molecule has 10 heteroatoms. The van der Waals surface area contributed by atoms with E-state index in [1.54, 1.807) is 30.3 Å². The molecule has 0 spiro atoms. The van der Waals surface area contributed by atoms with E-state index in [4.69, 9.17) is 9.47 Å². The normalized spacial score (nSPS) is 10.9. The Morgan fingerprint density at radius 3 is 2.32 bits per heavy atom. The monoisotopic (exact) mass is 402 g/mol. The van der Waals surface area contributed by atoms with Crippen molar-refractivity contribution in [2.24, 2.45) is 0 Å². The second-order valence-corrected chi connectivity index (χ2v) is 7.27. The maximum absolute atomic E-state index is 12.9. The first-order valence-electron chi connectivity index (χ1n) is 8.08. The molecule has 0 aliphatic carbocycles. The number of hydrogen-bond donors (Lipinski definition) is 3. The number of carbonyl (C=O) groups is 1. The molecule has 1 amide bonds. The Labute approximate surface area is 161 Å². The van der Waals surface area contributed by atoms with Crippen molar-refractivity contribution in [2.45, 2.75) is 4.90 Å². The molecule has 1 aromatic heterocycles. The fraction of sp³-hybridized carbons (Fsp3) is 0.111. The van der Waals surface area contributed by atoms with Crippen molar-refractivity contribution in [3.63, 3.8) is 0 Å². The molecule has 1 heterocycles. The molecule has 0 fully saturated rings. The summed E-state index contributed by atoms with van der Waals surface area (Å²) in [4.78, 5) is 12.0. The number of ether oxygens (including phenoxy) is 2.